The molecule has 1 saturated carbocycles. The molecule has 16 heavy (non-hydrogen) atoms. The Morgan fingerprint density at radius 2 is 2.31 bits per heavy atom. The molecule has 1 aromatic heterocycles. The Balaban J connectivity index is 2.16. The van der Waals surface area contributed by atoms with Crippen molar-refractivity contribution < 1.29 is 0 Å². The Hall–Kier alpha value is -0.810. The Labute approximate surface area is 101 Å². The third-order valence-corrected chi connectivity index (χ3v) is 3.66. The second-order valence-corrected chi connectivity index (χ2v) is 4.81. The fraction of sp³-hybridized carbons (Fsp3) is 0.636. The molecular weight excluding hydrogens is 220 g/mol. The van der Waals surface area contributed by atoms with Crippen LogP contribution >= 0.6 is 11.8 Å². The van der Waals surface area contributed by atoms with Crippen LogP contribution in [0.4, 0.5) is 5.82 Å². The Morgan fingerprint density at radius 1 is 1.50 bits per heavy atom. The zero-order valence-electron chi connectivity index (χ0n) is 9.59. The van der Waals surface area contributed by atoms with Crippen LogP contribution in [0.5, 0.6) is 0 Å². The molecule has 0 unspecified atom stereocenters. The van der Waals surface area contributed by atoms with Crippen LogP contribution < -0.4 is 10.6 Å². The van der Waals surface area contributed by atoms with Gasteiger partial charge in [-0.25, -0.2) is 9.97 Å². The van der Waals surface area contributed by atoms with Gasteiger partial charge in [0.25, 0.3) is 0 Å². The molecule has 4 nitrogen and oxygen atoms in total. The van der Waals surface area contributed by atoms with Gasteiger partial charge in [0.05, 0.1) is 0 Å². The topological polar surface area (TPSA) is 55.0 Å². The average molecular weight is 238 g/mol. The smallest absolute Gasteiger partial charge is 0.133 e. The SMILES string of the molecule is CSc1cc(N(CCN)C2CCC2)ncn1. The van der Waals surface area contributed by atoms with E-state index >= 15 is 0 Å². The molecule has 5 heteroatoms. The van der Waals surface area contributed by atoms with E-state index in [0.29, 0.717) is 12.6 Å². The number of anilines is 1. The summed E-state index contributed by atoms with van der Waals surface area (Å²) in [5, 5.41) is 1.02. The van der Waals surface area contributed by atoms with Crippen molar-refractivity contribution in [3.63, 3.8) is 0 Å². The summed E-state index contributed by atoms with van der Waals surface area (Å²) in [5.41, 5.74) is 5.66. The standard InChI is InChI=1S/C11H18N4S/c1-16-11-7-10(13-8-14-11)15(6-5-12)9-3-2-4-9/h7-9H,2-6,12H2,1H3. The van der Waals surface area contributed by atoms with E-state index in [2.05, 4.69) is 20.9 Å². The monoisotopic (exact) mass is 238 g/mol. The molecule has 88 valence electrons. The molecule has 0 spiro atoms. The van der Waals surface area contributed by atoms with Gasteiger partial charge in [-0.05, 0) is 25.5 Å². The molecule has 0 aromatic carbocycles. The third-order valence-electron chi connectivity index (χ3n) is 3.02. The molecule has 0 aliphatic heterocycles. The molecule has 0 saturated heterocycles. The van der Waals surface area contributed by atoms with Gasteiger partial charge in [0.1, 0.15) is 17.2 Å². The van der Waals surface area contributed by atoms with Crippen LogP contribution in [0.2, 0.25) is 0 Å². The predicted molar refractivity (Wildman–Crippen MR) is 67.9 cm³/mol. The maximum atomic E-state index is 5.66. The first-order valence-corrected chi connectivity index (χ1v) is 6.90. The molecule has 2 N–H and O–H groups in total. The highest BCUT2D eigenvalue weighted by atomic mass is 32.2. The lowest BCUT2D eigenvalue weighted by Gasteiger charge is -2.38. The van der Waals surface area contributed by atoms with Crippen molar-refractivity contribution in [3.05, 3.63) is 12.4 Å². The highest BCUT2D eigenvalue weighted by molar-refractivity contribution is 7.98. The number of hydrogen-bond donors (Lipinski definition) is 1. The van der Waals surface area contributed by atoms with E-state index in [9.17, 15) is 0 Å². The van der Waals surface area contributed by atoms with E-state index in [1.165, 1.54) is 19.3 Å². The summed E-state index contributed by atoms with van der Waals surface area (Å²) in [5.74, 6) is 1.02. The summed E-state index contributed by atoms with van der Waals surface area (Å²) in [6.07, 6.45) is 7.52. The van der Waals surface area contributed by atoms with Crippen LogP contribution in [0.3, 0.4) is 0 Å². The second kappa shape index (κ2) is 5.50. The largest absolute Gasteiger partial charge is 0.352 e. The van der Waals surface area contributed by atoms with E-state index in [1.807, 2.05) is 6.26 Å². The fourth-order valence-corrected chi connectivity index (χ4v) is 2.30. The van der Waals surface area contributed by atoms with Crippen molar-refractivity contribution in [2.75, 3.05) is 24.2 Å². The van der Waals surface area contributed by atoms with E-state index in [0.717, 1.165) is 17.4 Å². The van der Waals surface area contributed by atoms with E-state index in [4.69, 9.17) is 5.73 Å². The highest BCUT2D eigenvalue weighted by Crippen LogP contribution is 2.29. The molecule has 0 radical (unpaired) electrons. The first-order chi connectivity index (χ1) is 7.85. The lowest BCUT2D eigenvalue weighted by molar-refractivity contribution is 0.385. The van der Waals surface area contributed by atoms with E-state index in [-0.39, 0.29) is 0 Å². The van der Waals surface area contributed by atoms with Crippen molar-refractivity contribution >= 4 is 17.6 Å². The Bertz CT molecular complexity index is 341. The minimum Gasteiger partial charge on any atom is -0.352 e. The zero-order chi connectivity index (χ0) is 11.4. The first-order valence-electron chi connectivity index (χ1n) is 5.68. The summed E-state index contributed by atoms with van der Waals surface area (Å²) in [6, 6.07) is 2.69. The molecule has 1 aromatic rings. The van der Waals surface area contributed by atoms with Crippen LogP contribution in [0.15, 0.2) is 17.4 Å². The van der Waals surface area contributed by atoms with Gasteiger partial charge in [-0.1, -0.05) is 0 Å². The minimum absolute atomic E-state index is 0.633. The summed E-state index contributed by atoms with van der Waals surface area (Å²) >= 11 is 1.65. The zero-order valence-corrected chi connectivity index (χ0v) is 10.4. The highest BCUT2D eigenvalue weighted by Gasteiger charge is 2.25. The van der Waals surface area contributed by atoms with Crippen molar-refractivity contribution in [3.8, 4) is 0 Å². The maximum absolute atomic E-state index is 5.66. The predicted octanol–water partition coefficient (Wildman–Crippen LogP) is 1.52. The van der Waals surface area contributed by atoms with Gasteiger partial charge < -0.3 is 10.6 Å². The number of aromatic nitrogens is 2. The van der Waals surface area contributed by atoms with E-state index in [1.54, 1.807) is 18.1 Å². The molecule has 1 aliphatic carbocycles. The maximum Gasteiger partial charge on any atom is 0.133 e. The lowest BCUT2D eigenvalue weighted by Crippen LogP contribution is -2.43. The third kappa shape index (κ3) is 2.47. The number of nitrogens with two attached hydrogens (primary N) is 1. The Morgan fingerprint density at radius 3 is 2.88 bits per heavy atom. The second-order valence-electron chi connectivity index (χ2n) is 3.99. The molecule has 0 bridgehead atoms. The number of thioether (sulfide) groups is 1. The molecule has 2 rings (SSSR count). The van der Waals surface area contributed by atoms with Crippen LogP contribution in [-0.2, 0) is 0 Å². The van der Waals surface area contributed by atoms with Crippen LogP contribution in [0.1, 0.15) is 19.3 Å². The summed E-state index contributed by atoms with van der Waals surface area (Å²) in [4.78, 5) is 10.9. The van der Waals surface area contributed by atoms with Crippen molar-refractivity contribution in [1.82, 2.24) is 9.97 Å². The molecular formula is C11H18N4S. The van der Waals surface area contributed by atoms with Gasteiger partial charge in [-0.3, -0.25) is 0 Å². The van der Waals surface area contributed by atoms with Crippen molar-refractivity contribution in [1.29, 1.82) is 0 Å². The number of rotatable bonds is 5. The van der Waals surface area contributed by atoms with Crippen LogP contribution in [0, 0.1) is 0 Å². The van der Waals surface area contributed by atoms with E-state index < -0.39 is 0 Å². The average Bonchev–Trinajstić information content (AvgIpc) is 2.26. The van der Waals surface area contributed by atoms with Gasteiger partial charge in [-0.2, -0.15) is 0 Å². The van der Waals surface area contributed by atoms with Gasteiger partial charge in [0, 0.05) is 25.2 Å². The molecule has 1 fully saturated rings. The lowest BCUT2D eigenvalue weighted by atomic mass is 9.91. The first kappa shape index (κ1) is 11.7. The summed E-state index contributed by atoms with van der Waals surface area (Å²) in [6.45, 7) is 1.56. The Kier molecular flexibility index (Phi) is 4.01. The quantitative estimate of drug-likeness (QED) is 0.622. The molecule has 1 aliphatic rings. The number of nitrogens with zero attached hydrogens (tertiary/aromatic N) is 3. The molecule has 1 heterocycles. The van der Waals surface area contributed by atoms with Gasteiger partial charge in [-0.15, -0.1) is 11.8 Å². The normalized spacial score (nSPS) is 15.9. The van der Waals surface area contributed by atoms with Crippen LogP contribution in [0.25, 0.3) is 0 Å². The van der Waals surface area contributed by atoms with Gasteiger partial charge in [0.2, 0.25) is 0 Å². The van der Waals surface area contributed by atoms with Crippen LogP contribution in [-0.4, -0.2) is 35.4 Å². The summed E-state index contributed by atoms with van der Waals surface area (Å²) < 4.78 is 0. The number of hydrogen-bond acceptors (Lipinski definition) is 5. The van der Waals surface area contributed by atoms with Gasteiger partial charge >= 0.3 is 0 Å². The molecule has 0 atom stereocenters. The molecule has 0 amide bonds. The van der Waals surface area contributed by atoms with Gasteiger partial charge in [0.15, 0.2) is 0 Å². The fourth-order valence-electron chi connectivity index (χ4n) is 1.92. The van der Waals surface area contributed by atoms with Crippen molar-refractivity contribution in [2.24, 2.45) is 5.73 Å². The van der Waals surface area contributed by atoms with Crippen molar-refractivity contribution in [2.45, 2.75) is 30.3 Å². The summed E-state index contributed by atoms with van der Waals surface area (Å²) in [7, 11) is 0. The minimum atomic E-state index is 0.633.